The lowest BCUT2D eigenvalue weighted by atomic mass is 10.0. The van der Waals surface area contributed by atoms with Crippen LogP contribution in [0, 0.1) is 11.3 Å². The Morgan fingerprint density at radius 1 is 1.35 bits per heavy atom. The molecular weight excluding hydrogens is 210 g/mol. The number of anilines is 1. The molecule has 0 unspecified atom stereocenters. The van der Waals surface area contributed by atoms with E-state index in [0.29, 0.717) is 0 Å². The van der Waals surface area contributed by atoms with Crippen molar-refractivity contribution in [2.75, 3.05) is 24.5 Å². The Morgan fingerprint density at radius 3 is 2.94 bits per heavy atom. The summed E-state index contributed by atoms with van der Waals surface area (Å²) in [6.07, 6.45) is 1.11. The first-order chi connectivity index (χ1) is 8.11. The first kappa shape index (κ1) is 11.9. The van der Waals surface area contributed by atoms with E-state index in [4.69, 9.17) is 5.26 Å². The molecule has 0 saturated carbocycles. The van der Waals surface area contributed by atoms with Crippen LogP contribution < -0.4 is 10.2 Å². The van der Waals surface area contributed by atoms with E-state index in [-0.39, 0.29) is 5.54 Å². The lowest BCUT2D eigenvalue weighted by molar-refractivity contribution is 0.394. The molecular formula is C14H19N3. The number of benzene rings is 1. The molecule has 1 heterocycles. The van der Waals surface area contributed by atoms with Gasteiger partial charge in [0.25, 0.3) is 0 Å². The molecule has 1 N–H and O–H groups in total. The molecule has 0 aromatic heterocycles. The van der Waals surface area contributed by atoms with Crippen LogP contribution in [0.5, 0.6) is 0 Å². The van der Waals surface area contributed by atoms with E-state index in [0.717, 1.165) is 37.3 Å². The van der Waals surface area contributed by atoms with Crippen molar-refractivity contribution in [2.45, 2.75) is 25.8 Å². The predicted molar refractivity (Wildman–Crippen MR) is 70.1 cm³/mol. The monoisotopic (exact) mass is 229 g/mol. The molecule has 1 aliphatic rings. The number of nitrogens with zero attached hydrogens (tertiary/aromatic N) is 2. The first-order valence-corrected chi connectivity index (χ1v) is 6.11. The third-order valence-corrected chi connectivity index (χ3v) is 3.33. The Bertz CT molecular complexity index is 431. The normalized spacial score (nSPS) is 19.5. The molecule has 3 nitrogen and oxygen atoms in total. The average Bonchev–Trinajstić information content (AvgIpc) is 2.50. The van der Waals surface area contributed by atoms with Gasteiger partial charge in [-0.05, 0) is 38.5 Å². The fourth-order valence-electron chi connectivity index (χ4n) is 2.17. The lowest BCUT2D eigenvalue weighted by Crippen LogP contribution is -2.39. The fourth-order valence-corrected chi connectivity index (χ4v) is 2.17. The zero-order valence-electron chi connectivity index (χ0n) is 10.5. The molecule has 0 bridgehead atoms. The molecule has 0 amide bonds. The molecule has 2 rings (SSSR count). The van der Waals surface area contributed by atoms with Gasteiger partial charge in [0.15, 0.2) is 0 Å². The summed E-state index contributed by atoms with van der Waals surface area (Å²) < 4.78 is 0. The molecule has 0 atom stereocenters. The van der Waals surface area contributed by atoms with Crippen LogP contribution in [0.2, 0.25) is 0 Å². The second-order valence-electron chi connectivity index (χ2n) is 5.21. The summed E-state index contributed by atoms with van der Waals surface area (Å²) in [7, 11) is 0. The summed E-state index contributed by atoms with van der Waals surface area (Å²) >= 11 is 0. The summed E-state index contributed by atoms with van der Waals surface area (Å²) in [6.45, 7) is 7.50. The number of nitriles is 1. The molecule has 1 aromatic carbocycles. The van der Waals surface area contributed by atoms with E-state index in [1.807, 2.05) is 18.2 Å². The smallest absolute Gasteiger partial charge is 0.0992 e. The van der Waals surface area contributed by atoms with Crippen LogP contribution in [0.3, 0.4) is 0 Å². The van der Waals surface area contributed by atoms with Gasteiger partial charge in [0.05, 0.1) is 11.6 Å². The SMILES string of the molecule is CC1(C)CCN(c2cccc(C#N)c2)CCN1. The Hall–Kier alpha value is -1.53. The van der Waals surface area contributed by atoms with Crippen LogP contribution >= 0.6 is 0 Å². The summed E-state index contributed by atoms with van der Waals surface area (Å²) in [6, 6.07) is 10.1. The number of nitrogens with one attached hydrogen (secondary N) is 1. The third kappa shape index (κ3) is 2.98. The van der Waals surface area contributed by atoms with E-state index in [2.05, 4.69) is 36.2 Å². The van der Waals surface area contributed by atoms with Gasteiger partial charge in [-0.1, -0.05) is 6.07 Å². The zero-order valence-corrected chi connectivity index (χ0v) is 10.5. The minimum atomic E-state index is 0.210. The van der Waals surface area contributed by atoms with Crippen molar-refractivity contribution in [3.63, 3.8) is 0 Å². The molecule has 1 saturated heterocycles. The maximum atomic E-state index is 8.92. The predicted octanol–water partition coefficient (Wildman–Crippen LogP) is 2.14. The van der Waals surface area contributed by atoms with E-state index in [9.17, 15) is 0 Å². The van der Waals surface area contributed by atoms with Crippen LogP contribution in [0.4, 0.5) is 5.69 Å². The summed E-state index contributed by atoms with van der Waals surface area (Å²) in [5, 5.41) is 12.5. The van der Waals surface area contributed by atoms with Gasteiger partial charge in [-0.3, -0.25) is 0 Å². The molecule has 1 aliphatic heterocycles. The zero-order chi connectivity index (χ0) is 12.3. The van der Waals surface area contributed by atoms with Crippen LogP contribution in [0.15, 0.2) is 24.3 Å². The van der Waals surface area contributed by atoms with Gasteiger partial charge in [-0.15, -0.1) is 0 Å². The Balaban J connectivity index is 2.14. The molecule has 0 radical (unpaired) electrons. The van der Waals surface area contributed by atoms with Crippen LogP contribution in [-0.2, 0) is 0 Å². The third-order valence-electron chi connectivity index (χ3n) is 3.33. The highest BCUT2D eigenvalue weighted by atomic mass is 15.2. The molecule has 1 fully saturated rings. The second-order valence-corrected chi connectivity index (χ2v) is 5.21. The maximum absolute atomic E-state index is 8.92. The van der Waals surface area contributed by atoms with Crippen LogP contribution in [0.1, 0.15) is 25.8 Å². The summed E-state index contributed by atoms with van der Waals surface area (Å²) in [5.74, 6) is 0. The second kappa shape index (κ2) is 4.77. The highest BCUT2D eigenvalue weighted by Gasteiger charge is 2.22. The highest BCUT2D eigenvalue weighted by molar-refractivity contribution is 5.51. The molecule has 3 heteroatoms. The molecule has 90 valence electrons. The highest BCUT2D eigenvalue weighted by Crippen LogP contribution is 2.20. The minimum absolute atomic E-state index is 0.210. The Labute approximate surface area is 103 Å². The Morgan fingerprint density at radius 2 is 2.18 bits per heavy atom. The summed E-state index contributed by atoms with van der Waals surface area (Å²) in [4.78, 5) is 2.35. The Kier molecular flexibility index (Phi) is 3.35. The number of hydrogen-bond donors (Lipinski definition) is 1. The van der Waals surface area contributed by atoms with Crippen molar-refractivity contribution >= 4 is 5.69 Å². The van der Waals surface area contributed by atoms with Crippen molar-refractivity contribution in [3.05, 3.63) is 29.8 Å². The van der Waals surface area contributed by atoms with Crippen molar-refractivity contribution in [2.24, 2.45) is 0 Å². The fraction of sp³-hybridized carbons (Fsp3) is 0.500. The topological polar surface area (TPSA) is 39.1 Å². The van der Waals surface area contributed by atoms with Crippen LogP contribution in [0.25, 0.3) is 0 Å². The van der Waals surface area contributed by atoms with Crippen molar-refractivity contribution in [1.82, 2.24) is 5.32 Å². The van der Waals surface area contributed by atoms with Gasteiger partial charge in [-0.2, -0.15) is 5.26 Å². The van der Waals surface area contributed by atoms with Crippen LogP contribution in [-0.4, -0.2) is 25.2 Å². The van der Waals surface area contributed by atoms with Crippen molar-refractivity contribution in [1.29, 1.82) is 5.26 Å². The van der Waals surface area contributed by atoms with Gasteiger partial charge >= 0.3 is 0 Å². The average molecular weight is 229 g/mol. The van der Waals surface area contributed by atoms with E-state index < -0.39 is 0 Å². The van der Waals surface area contributed by atoms with Crippen molar-refractivity contribution < 1.29 is 0 Å². The number of rotatable bonds is 1. The molecule has 0 spiro atoms. The van der Waals surface area contributed by atoms with E-state index >= 15 is 0 Å². The quantitative estimate of drug-likeness (QED) is 0.802. The van der Waals surface area contributed by atoms with Gasteiger partial charge in [0.2, 0.25) is 0 Å². The van der Waals surface area contributed by atoms with E-state index in [1.54, 1.807) is 0 Å². The van der Waals surface area contributed by atoms with E-state index in [1.165, 1.54) is 0 Å². The first-order valence-electron chi connectivity index (χ1n) is 6.11. The number of hydrogen-bond acceptors (Lipinski definition) is 3. The van der Waals surface area contributed by atoms with Gasteiger partial charge in [0, 0.05) is 30.9 Å². The van der Waals surface area contributed by atoms with Crippen molar-refractivity contribution in [3.8, 4) is 6.07 Å². The molecule has 17 heavy (non-hydrogen) atoms. The molecule has 0 aliphatic carbocycles. The maximum Gasteiger partial charge on any atom is 0.0992 e. The van der Waals surface area contributed by atoms with Gasteiger partial charge < -0.3 is 10.2 Å². The standard InChI is InChI=1S/C14H19N3/c1-14(2)6-8-17(9-7-16-14)13-5-3-4-12(10-13)11-15/h3-5,10,16H,6-9H2,1-2H3. The lowest BCUT2D eigenvalue weighted by Gasteiger charge is -2.24. The van der Waals surface area contributed by atoms with Gasteiger partial charge in [-0.25, -0.2) is 0 Å². The minimum Gasteiger partial charge on any atom is -0.370 e. The molecule has 1 aromatic rings. The summed E-state index contributed by atoms with van der Waals surface area (Å²) in [5.41, 5.74) is 2.10. The largest absolute Gasteiger partial charge is 0.370 e. The van der Waals surface area contributed by atoms with Gasteiger partial charge in [0.1, 0.15) is 0 Å².